The number of hydrogen-bond donors (Lipinski definition) is 2. The molecule has 0 spiro atoms. The summed E-state index contributed by atoms with van der Waals surface area (Å²) in [5.74, 6) is 0.292. The Bertz CT molecular complexity index is 1470. The highest BCUT2D eigenvalue weighted by Crippen LogP contribution is 2.38. The summed E-state index contributed by atoms with van der Waals surface area (Å²) in [5, 5.41) is 5.95. The summed E-state index contributed by atoms with van der Waals surface area (Å²) in [6.07, 6.45) is 6.40. The monoisotopic (exact) mass is 509 g/mol. The maximum absolute atomic E-state index is 12.4. The van der Waals surface area contributed by atoms with E-state index >= 15 is 0 Å². The second kappa shape index (κ2) is 9.55. The molecule has 0 radical (unpaired) electrons. The van der Waals surface area contributed by atoms with E-state index < -0.39 is 10.0 Å². The third kappa shape index (κ3) is 4.80. The lowest BCUT2D eigenvalue weighted by molar-refractivity contribution is 0.252. The number of urea groups is 1. The van der Waals surface area contributed by atoms with Crippen LogP contribution in [0.5, 0.6) is 0 Å². The molecular weight excluding hydrogens is 486 g/mol. The lowest BCUT2D eigenvalue weighted by Gasteiger charge is -2.26. The van der Waals surface area contributed by atoms with Crippen LogP contribution in [0.4, 0.5) is 15.9 Å². The fraction of sp³-hybridized carbons (Fsp3) is 0.261. The van der Waals surface area contributed by atoms with Crippen LogP contribution in [0.25, 0.3) is 32.6 Å². The molecule has 0 unspecified atom stereocenters. The van der Waals surface area contributed by atoms with Crippen LogP contribution in [0.2, 0.25) is 0 Å². The molecule has 5 rings (SSSR count). The largest absolute Gasteiger partial charge is 0.338 e. The van der Waals surface area contributed by atoms with Crippen LogP contribution in [0, 0.1) is 0 Å². The summed E-state index contributed by atoms with van der Waals surface area (Å²) in [7, 11) is -3.39. The lowest BCUT2D eigenvalue weighted by atomic mass is 10.0. The topological polar surface area (TPSA) is 130 Å². The predicted molar refractivity (Wildman–Crippen MR) is 137 cm³/mol. The van der Waals surface area contributed by atoms with Gasteiger partial charge in [-0.25, -0.2) is 32.5 Å². The van der Waals surface area contributed by atoms with Gasteiger partial charge in [0.15, 0.2) is 5.13 Å². The zero-order valence-corrected chi connectivity index (χ0v) is 20.6. The summed E-state index contributed by atoms with van der Waals surface area (Å²) in [4.78, 5) is 29.8. The van der Waals surface area contributed by atoms with Gasteiger partial charge in [0, 0.05) is 42.8 Å². The number of hydrogen-bond acceptors (Lipinski definition) is 8. The lowest BCUT2D eigenvalue weighted by Crippen LogP contribution is -2.38. The number of thiazole rings is 1. The Morgan fingerprint density at radius 3 is 2.66 bits per heavy atom. The van der Waals surface area contributed by atoms with Crippen molar-refractivity contribution in [2.24, 2.45) is 0 Å². The molecule has 180 valence electrons. The molecule has 3 aromatic heterocycles. The first-order chi connectivity index (χ1) is 16.9. The number of fused-ring (bicyclic) bond motifs is 1. The molecule has 0 atom stereocenters. The normalized spacial score (nSPS) is 15.2. The maximum atomic E-state index is 12.4. The van der Waals surface area contributed by atoms with Gasteiger partial charge in [-0.05, 0) is 49.6 Å². The highest BCUT2D eigenvalue weighted by Gasteiger charge is 2.28. The van der Waals surface area contributed by atoms with Crippen molar-refractivity contribution in [3.8, 4) is 22.4 Å². The molecule has 0 saturated carbocycles. The number of amides is 2. The number of benzene rings is 1. The molecule has 2 amide bonds. The molecule has 35 heavy (non-hydrogen) atoms. The van der Waals surface area contributed by atoms with Crippen LogP contribution in [0.3, 0.4) is 0 Å². The molecular formula is C23H23N7O3S2. The first-order valence-corrected chi connectivity index (χ1v) is 13.6. The highest BCUT2D eigenvalue weighted by molar-refractivity contribution is 7.92. The van der Waals surface area contributed by atoms with Gasteiger partial charge in [-0.15, -0.1) is 0 Å². The fourth-order valence-corrected chi connectivity index (χ4v) is 6.38. The quantitative estimate of drug-likeness (QED) is 0.417. The van der Waals surface area contributed by atoms with Gasteiger partial charge in [0.2, 0.25) is 16.0 Å². The number of carbonyl (C=O) groups excluding carboxylic acids is 1. The minimum Gasteiger partial charge on any atom is -0.338 e. The zero-order chi connectivity index (χ0) is 24.4. The Hall–Kier alpha value is -3.64. The predicted octanol–water partition coefficient (Wildman–Crippen LogP) is 3.89. The molecule has 4 aromatic rings. The zero-order valence-electron chi connectivity index (χ0n) is 18.9. The average Bonchev–Trinajstić information content (AvgIpc) is 3.26. The van der Waals surface area contributed by atoms with E-state index in [1.165, 1.54) is 15.6 Å². The Morgan fingerprint density at radius 1 is 1.11 bits per heavy atom. The third-order valence-corrected chi connectivity index (χ3v) is 8.37. The van der Waals surface area contributed by atoms with E-state index in [0.717, 1.165) is 27.9 Å². The van der Waals surface area contributed by atoms with Crippen molar-refractivity contribution in [2.75, 3.05) is 28.5 Å². The van der Waals surface area contributed by atoms with Crippen molar-refractivity contribution in [2.45, 2.75) is 19.8 Å². The van der Waals surface area contributed by atoms with Crippen LogP contribution < -0.4 is 14.9 Å². The highest BCUT2D eigenvalue weighted by atomic mass is 32.2. The summed E-state index contributed by atoms with van der Waals surface area (Å²) in [6.45, 7) is 2.74. The number of pyridine rings is 1. The summed E-state index contributed by atoms with van der Waals surface area (Å²) in [5.41, 5.74) is 3.85. The van der Waals surface area contributed by atoms with E-state index in [2.05, 4.69) is 30.6 Å². The number of anilines is 2. The summed E-state index contributed by atoms with van der Waals surface area (Å²) >= 11 is 1.37. The van der Waals surface area contributed by atoms with Crippen LogP contribution in [-0.4, -0.2) is 53.2 Å². The number of carbonyl (C=O) groups is 1. The van der Waals surface area contributed by atoms with Crippen LogP contribution in [0.1, 0.15) is 19.8 Å². The maximum Gasteiger partial charge on any atom is 0.321 e. The van der Waals surface area contributed by atoms with Crippen molar-refractivity contribution in [3.05, 3.63) is 48.9 Å². The molecule has 12 heteroatoms. The minimum absolute atomic E-state index is 0.110. The van der Waals surface area contributed by atoms with Gasteiger partial charge in [-0.1, -0.05) is 17.4 Å². The number of rotatable bonds is 5. The Morgan fingerprint density at radius 2 is 1.94 bits per heavy atom. The van der Waals surface area contributed by atoms with Crippen LogP contribution >= 0.6 is 11.3 Å². The van der Waals surface area contributed by atoms with E-state index in [0.29, 0.717) is 35.7 Å². The number of nitrogens with one attached hydrogen (secondary N) is 2. The second-order valence-electron chi connectivity index (χ2n) is 7.96. The van der Waals surface area contributed by atoms with Crippen LogP contribution in [-0.2, 0) is 10.0 Å². The summed E-state index contributed by atoms with van der Waals surface area (Å²) in [6, 6.07) is 9.23. The van der Waals surface area contributed by atoms with E-state index in [1.54, 1.807) is 18.6 Å². The molecule has 1 saturated heterocycles. The smallest absolute Gasteiger partial charge is 0.321 e. The van der Waals surface area contributed by atoms with Crippen molar-refractivity contribution in [3.63, 3.8) is 0 Å². The van der Waals surface area contributed by atoms with E-state index in [4.69, 9.17) is 0 Å². The molecule has 2 N–H and O–H groups in total. The molecule has 1 aromatic carbocycles. The van der Waals surface area contributed by atoms with Gasteiger partial charge in [0.1, 0.15) is 0 Å². The number of nitrogens with zero attached hydrogens (tertiary/aromatic N) is 5. The van der Waals surface area contributed by atoms with E-state index in [1.807, 2.05) is 37.3 Å². The average molecular weight is 510 g/mol. The SMILES string of the molecule is CCNC(=O)Nc1nc2cc(-c3cnc(N4CCCCS4(=O)=O)nc3)cc(-c3ccccn3)c2s1. The Labute approximate surface area is 206 Å². The molecule has 4 heterocycles. The van der Waals surface area contributed by atoms with Crippen molar-refractivity contribution in [1.29, 1.82) is 0 Å². The Balaban J connectivity index is 1.55. The van der Waals surface area contributed by atoms with Gasteiger partial charge >= 0.3 is 6.03 Å². The third-order valence-electron chi connectivity index (χ3n) is 5.53. The fourth-order valence-electron chi connectivity index (χ4n) is 3.88. The molecule has 1 fully saturated rings. The van der Waals surface area contributed by atoms with Crippen molar-refractivity contribution >= 4 is 48.7 Å². The standard InChI is InChI=1S/C23H23N7O3S2/c1-2-24-22(31)29-23-28-19-12-15(11-17(20(19)34-23)18-7-3-4-8-25-18)16-13-26-21(27-14-16)30-9-5-6-10-35(30,32)33/h3-4,7-8,11-14H,2,5-6,9-10H2,1H3,(H2,24,28,29,31). The van der Waals surface area contributed by atoms with Gasteiger partial charge in [-0.2, -0.15) is 0 Å². The summed E-state index contributed by atoms with van der Waals surface area (Å²) < 4.78 is 27.0. The molecule has 1 aliphatic rings. The number of sulfonamides is 1. The minimum atomic E-state index is -3.39. The van der Waals surface area contributed by atoms with Crippen molar-refractivity contribution in [1.82, 2.24) is 25.3 Å². The van der Waals surface area contributed by atoms with E-state index in [-0.39, 0.29) is 17.7 Å². The molecule has 1 aliphatic heterocycles. The van der Waals surface area contributed by atoms with Gasteiger partial charge in [0.25, 0.3) is 0 Å². The molecule has 10 nitrogen and oxygen atoms in total. The Kier molecular flexibility index (Phi) is 6.31. The van der Waals surface area contributed by atoms with E-state index in [9.17, 15) is 13.2 Å². The number of aromatic nitrogens is 4. The second-order valence-corrected chi connectivity index (χ2v) is 11.0. The molecule has 0 bridgehead atoms. The van der Waals surface area contributed by atoms with Gasteiger partial charge < -0.3 is 5.32 Å². The van der Waals surface area contributed by atoms with Crippen molar-refractivity contribution < 1.29 is 13.2 Å². The first kappa shape index (κ1) is 23.1. The molecule has 0 aliphatic carbocycles. The van der Waals surface area contributed by atoms with Gasteiger partial charge in [-0.3, -0.25) is 10.3 Å². The van der Waals surface area contributed by atoms with Gasteiger partial charge in [0.05, 0.1) is 21.7 Å². The first-order valence-electron chi connectivity index (χ1n) is 11.2. The van der Waals surface area contributed by atoms with Crippen LogP contribution in [0.15, 0.2) is 48.9 Å².